The number of benzene rings is 1. The van der Waals surface area contributed by atoms with Crippen LogP contribution < -0.4 is 15.0 Å². The lowest BCUT2D eigenvalue weighted by Gasteiger charge is -2.34. The number of carbonyl (C=O) groups is 1. The quantitative estimate of drug-likeness (QED) is 0.638. The van der Waals surface area contributed by atoms with Gasteiger partial charge < -0.3 is 15.0 Å². The summed E-state index contributed by atoms with van der Waals surface area (Å²) in [6.45, 7) is 0.613. The molecule has 1 atom stereocenters. The molecule has 0 fully saturated rings. The van der Waals surface area contributed by atoms with Gasteiger partial charge in [-0.25, -0.2) is 0 Å². The number of hydrogen-bond acceptors (Lipinski definition) is 7. The summed E-state index contributed by atoms with van der Waals surface area (Å²) < 4.78 is 62.9. The number of nitrogens with zero attached hydrogens (tertiary/aromatic N) is 1. The molecule has 0 spiro atoms. The molecule has 2 aliphatic rings. The van der Waals surface area contributed by atoms with Crippen molar-refractivity contribution in [2.24, 2.45) is 0 Å². The van der Waals surface area contributed by atoms with Gasteiger partial charge in [-0.15, -0.1) is 11.3 Å². The number of carbonyl (C=O) groups excluding carboxylic acids is 1. The second kappa shape index (κ2) is 7.18. The fraction of sp³-hybridized carbons (Fsp3) is 0.353. The number of alkyl halides is 2. The fourth-order valence-electron chi connectivity index (χ4n) is 3.15. The summed E-state index contributed by atoms with van der Waals surface area (Å²) in [6.07, 6.45) is -3.44. The molecular weight excluding hydrogens is 494 g/mol. The third kappa shape index (κ3) is 3.98. The zero-order valence-electron chi connectivity index (χ0n) is 14.9. The van der Waals surface area contributed by atoms with Crippen LogP contribution in [0.15, 0.2) is 32.9 Å². The van der Waals surface area contributed by atoms with E-state index in [0.717, 1.165) is 16.9 Å². The predicted molar refractivity (Wildman–Crippen MR) is 105 cm³/mol. The van der Waals surface area contributed by atoms with Gasteiger partial charge in [-0.1, -0.05) is 17.7 Å². The Morgan fingerprint density at radius 3 is 2.76 bits per heavy atom. The first kappa shape index (κ1) is 20.5. The Hall–Kier alpha value is -1.76. The molecule has 2 aliphatic heterocycles. The maximum absolute atomic E-state index is 14.0. The van der Waals surface area contributed by atoms with Gasteiger partial charge in [-0.2, -0.15) is 17.2 Å². The number of halogens is 3. The predicted octanol–water partition coefficient (Wildman–Crippen LogP) is 3.13. The molecule has 1 N–H and O–H groups in total. The molecule has 0 radical (unpaired) electrons. The molecule has 0 unspecified atom stereocenters. The molecule has 4 rings (SSSR count). The third-order valence-corrected chi connectivity index (χ3v) is 7.55. The lowest BCUT2D eigenvalue weighted by Crippen LogP contribution is -2.50. The summed E-state index contributed by atoms with van der Waals surface area (Å²) in [5.41, 5.74) is 1.16. The molecule has 156 valence electrons. The summed E-state index contributed by atoms with van der Waals surface area (Å²) in [4.78, 5) is 14.1. The monoisotopic (exact) mass is 508 g/mol. The Bertz CT molecular complexity index is 1070. The highest BCUT2D eigenvalue weighted by molar-refractivity contribution is 9.11. The SMILES string of the molecule is Cc1ccc(S(=O)(=O)OC[C@@H]2CN3CC(F)(F)Oc4c(Br)sc(c43)C(=O)N2)cc1. The Labute approximate surface area is 177 Å². The lowest BCUT2D eigenvalue weighted by molar-refractivity contribution is -0.172. The van der Waals surface area contributed by atoms with Crippen LogP contribution in [-0.4, -0.2) is 46.2 Å². The first-order valence-corrected chi connectivity index (χ1v) is 11.5. The Balaban J connectivity index is 1.55. The number of anilines is 1. The minimum absolute atomic E-state index is 0.0220. The van der Waals surface area contributed by atoms with E-state index < -0.39 is 41.3 Å². The van der Waals surface area contributed by atoms with E-state index in [9.17, 15) is 22.0 Å². The summed E-state index contributed by atoms with van der Waals surface area (Å²) in [6, 6.07) is 5.29. The van der Waals surface area contributed by atoms with E-state index in [4.69, 9.17) is 8.92 Å². The Morgan fingerprint density at radius 2 is 2.07 bits per heavy atom. The van der Waals surface area contributed by atoms with E-state index >= 15 is 0 Å². The molecule has 3 heterocycles. The van der Waals surface area contributed by atoms with Crippen molar-refractivity contribution >= 4 is 49.0 Å². The molecule has 1 aromatic heterocycles. The highest BCUT2D eigenvalue weighted by Gasteiger charge is 2.46. The second-order valence-corrected chi connectivity index (χ2v) is 10.7. The fourth-order valence-corrected chi connectivity index (χ4v) is 5.73. The number of aryl methyl sites for hydroxylation is 1. The van der Waals surface area contributed by atoms with Crippen molar-refractivity contribution in [1.82, 2.24) is 5.32 Å². The van der Waals surface area contributed by atoms with E-state index in [1.807, 2.05) is 6.92 Å². The standard InChI is InChI=1S/C17H15BrF2N2O5S2/c1-9-2-4-11(5-3-9)29(24,25)26-7-10-6-22-8-17(19,20)27-13-12(22)14(16(23)21-10)28-15(13)18/h2-5,10H,6-8H2,1H3,(H,21,23)/t10-/m0/s1. The van der Waals surface area contributed by atoms with E-state index in [1.54, 1.807) is 12.1 Å². The first-order chi connectivity index (χ1) is 13.6. The number of ether oxygens (including phenoxy) is 1. The molecule has 7 nitrogen and oxygen atoms in total. The average Bonchev–Trinajstić information content (AvgIpc) is 2.89. The van der Waals surface area contributed by atoms with Crippen LogP contribution in [0.25, 0.3) is 0 Å². The van der Waals surface area contributed by atoms with Gasteiger partial charge in [0.1, 0.15) is 20.9 Å². The number of nitrogens with one attached hydrogen (secondary N) is 1. The van der Waals surface area contributed by atoms with Gasteiger partial charge in [-0.05, 0) is 35.0 Å². The van der Waals surface area contributed by atoms with E-state index in [1.165, 1.54) is 17.0 Å². The summed E-state index contributed by atoms with van der Waals surface area (Å²) in [7, 11) is -4.06. The van der Waals surface area contributed by atoms with Gasteiger partial charge in [0.05, 0.1) is 17.5 Å². The van der Waals surface area contributed by atoms with Crippen molar-refractivity contribution < 1.29 is 30.9 Å². The van der Waals surface area contributed by atoms with Crippen LogP contribution in [0.2, 0.25) is 0 Å². The second-order valence-electron chi connectivity index (χ2n) is 6.72. The van der Waals surface area contributed by atoms with Crippen molar-refractivity contribution in [3.05, 3.63) is 38.5 Å². The zero-order chi connectivity index (χ0) is 21.0. The largest absolute Gasteiger partial charge is 0.427 e. The minimum Gasteiger partial charge on any atom is -0.427 e. The molecule has 12 heteroatoms. The van der Waals surface area contributed by atoms with Gasteiger partial charge in [0.15, 0.2) is 5.75 Å². The van der Waals surface area contributed by atoms with E-state index in [0.29, 0.717) is 3.79 Å². The number of thiophene rings is 1. The van der Waals surface area contributed by atoms with Crippen LogP contribution in [0.5, 0.6) is 5.75 Å². The maximum atomic E-state index is 14.0. The van der Waals surface area contributed by atoms with Crippen molar-refractivity contribution in [2.75, 3.05) is 24.6 Å². The van der Waals surface area contributed by atoms with Crippen molar-refractivity contribution in [3.63, 3.8) is 0 Å². The van der Waals surface area contributed by atoms with Crippen LogP contribution in [-0.2, 0) is 14.3 Å². The summed E-state index contributed by atoms with van der Waals surface area (Å²) >= 11 is 4.13. The molecular formula is C17H15BrF2N2O5S2. The van der Waals surface area contributed by atoms with Crippen molar-refractivity contribution in [3.8, 4) is 5.75 Å². The van der Waals surface area contributed by atoms with Crippen molar-refractivity contribution in [2.45, 2.75) is 24.0 Å². The first-order valence-electron chi connectivity index (χ1n) is 8.47. The van der Waals surface area contributed by atoms with E-state index in [-0.39, 0.29) is 27.8 Å². The average molecular weight is 509 g/mol. The van der Waals surface area contributed by atoms with Crippen LogP contribution in [0.3, 0.4) is 0 Å². The van der Waals surface area contributed by atoms with Crippen LogP contribution in [0, 0.1) is 6.92 Å². The number of amides is 1. The summed E-state index contributed by atoms with van der Waals surface area (Å²) in [5.74, 6) is -0.597. The minimum atomic E-state index is -4.06. The van der Waals surface area contributed by atoms with Crippen LogP contribution in [0.1, 0.15) is 15.2 Å². The molecule has 0 bridgehead atoms. The highest BCUT2D eigenvalue weighted by atomic mass is 79.9. The highest BCUT2D eigenvalue weighted by Crippen LogP contribution is 2.51. The number of hydrogen-bond donors (Lipinski definition) is 1. The summed E-state index contributed by atoms with van der Waals surface area (Å²) in [5, 5.41) is 2.65. The van der Waals surface area contributed by atoms with Crippen molar-refractivity contribution in [1.29, 1.82) is 0 Å². The van der Waals surface area contributed by atoms with Gasteiger partial charge >= 0.3 is 6.11 Å². The topological polar surface area (TPSA) is 84.9 Å². The van der Waals surface area contributed by atoms with Gasteiger partial charge in [0.2, 0.25) is 0 Å². The third-order valence-electron chi connectivity index (χ3n) is 4.46. The molecule has 29 heavy (non-hydrogen) atoms. The van der Waals surface area contributed by atoms with Crippen LogP contribution in [0.4, 0.5) is 14.5 Å². The Morgan fingerprint density at radius 1 is 1.38 bits per heavy atom. The van der Waals surface area contributed by atoms with Crippen LogP contribution >= 0.6 is 27.3 Å². The van der Waals surface area contributed by atoms with Gasteiger partial charge in [0.25, 0.3) is 16.0 Å². The Kier molecular flexibility index (Phi) is 5.08. The van der Waals surface area contributed by atoms with Gasteiger partial charge in [0, 0.05) is 6.54 Å². The van der Waals surface area contributed by atoms with E-state index in [2.05, 4.69) is 21.2 Å². The maximum Gasteiger partial charge on any atom is 0.416 e. The molecule has 0 saturated heterocycles. The zero-order valence-corrected chi connectivity index (χ0v) is 18.2. The molecule has 1 amide bonds. The lowest BCUT2D eigenvalue weighted by atomic mass is 10.2. The number of rotatable bonds is 4. The molecule has 2 aromatic rings. The smallest absolute Gasteiger partial charge is 0.416 e. The normalized spacial score (nSPS) is 20.5. The molecule has 0 saturated carbocycles. The van der Waals surface area contributed by atoms with Gasteiger partial charge in [-0.3, -0.25) is 8.98 Å². The molecule has 1 aromatic carbocycles. The molecule has 0 aliphatic carbocycles.